The summed E-state index contributed by atoms with van der Waals surface area (Å²) in [4.78, 5) is 37.2. The number of carbonyl (C=O) groups excluding carboxylic acids is 2. The van der Waals surface area contributed by atoms with E-state index in [1.165, 1.54) is 25.1 Å². The number of Topliss-reactive ketones (excluding diaryl/α,β-unsaturated/α-hetero) is 1. The van der Waals surface area contributed by atoms with Crippen LogP contribution in [0, 0.1) is 0 Å². The smallest absolute Gasteiger partial charge is 0.249 e. The summed E-state index contributed by atoms with van der Waals surface area (Å²) in [5.74, 6) is -0.274. The van der Waals surface area contributed by atoms with Crippen LogP contribution in [0.15, 0.2) is 29.1 Å². The second-order valence-electron chi connectivity index (χ2n) is 5.90. The van der Waals surface area contributed by atoms with Gasteiger partial charge in [-0.05, 0) is 19.1 Å². The first kappa shape index (κ1) is 19.7. The summed E-state index contributed by atoms with van der Waals surface area (Å²) in [6.07, 6.45) is -4.70. The minimum atomic E-state index is -1.74. The largest absolute Gasteiger partial charge is 0.394 e. The van der Waals surface area contributed by atoms with Crippen molar-refractivity contribution in [3.8, 4) is 0 Å². The Balaban J connectivity index is 2.33. The van der Waals surface area contributed by atoms with Crippen molar-refractivity contribution in [2.45, 2.75) is 31.3 Å². The van der Waals surface area contributed by atoms with E-state index in [1.54, 1.807) is 6.07 Å². The number of benzene rings is 1. The fraction of sp³-hybridized carbons (Fsp3) is 0.353. The number of ketones is 1. The number of aliphatic hydroxyl groups excluding tert-OH is 4. The number of carbonyl (C=O) groups is 2. The van der Waals surface area contributed by atoms with Crippen LogP contribution in [-0.2, 0) is 4.79 Å². The van der Waals surface area contributed by atoms with Gasteiger partial charge in [0.25, 0.3) is 0 Å². The Labute approximate surface area is 147 Å². The molecule has 0 fully saturated rings. The van der Waals surface area contributed by atoms with Crippen LogP contribution in [-0.4, -0.2) is 68.4 Å². The molecule has 9 nitrogen and oxygen atoms in total. The highest BCUT2D eigenvalue weighted by atomic mass is 16.4. The highest BCUT2D eigenvalue weighted by Gasteiger charge is 2.31. The van der Waals surface area contributed by atoms with Crippen LogP contribution >= 0.6 is 0 Å². The number of aromatic nitrogens is 1. The van der Waals surface area contributed by atoms with Gasteiger partial charge >= 0.3 is 0 Å². The second-order valence-corrected chi connectivity index (χ2v) is 5.90. The molecule has 1 aromatic heterocycles. The van der Waals surface area contributed by atoms with E-state index in [0.717, 1.165) is 0 Å². The molecule has 0 radical (unpaired) electrons. The zero-order valence-electron chi connectivity index (χ0n) is 13.9. The van der Waals surface area contributed by atoms with Gasteiger partial charge in [0.05, 0.1) is 12.1 Å². The molecule has 2 aromatic rings. The standard InChI is InChI=1S/C17H20N2O7/c1-8(22)11-5-15(24)19-12-4-9(2-3-10(11)12)18-13(6-20)16(25)17(26)14(23)7-21/h2-6,13-14,16-18,21,23,25-26H,7H2,1H3,(H,19,24)/t13-,14+,16+,17+/m1/s1. The van der Waals surface area contributed by atoms with Crippen LogP contribution in [0.25, 0.3) is 10.9 Å². The fourth-order valence-corrected chi connectivity index (χ4v) is 2.58. The molecule has 0 aliphatic rings. The second kappa shape index (κ2) is 8.19. The third-order valence-electron chi connectivity index (χ3n) is 4.00. The van der Waals surface area contributed by atoms with Gasteiger partial charge in [-0.25, -0.2) is 0 Å². The van der Waals surface area contributed by atoms with E-state index in [2.05, 4.69) is 10.3 Å². The minimum absolute atomic E-state index is 0.253. The van der Waals surface area contributed by atoms with Crippen LogP contribution in [0.5, 0.6) is 0 Å². The van der Waals surface area contributed by atoms with E-state index in [1.807, 2.05) is 0 Å². The van der Waals surface area contributed by atoms with E-state index in [-0.39, 0.29) is 11.3 Å². The summed E-state index contributed by atoms with van der Waals surface area (Å²) in [7, 11) is 0. The predicted octanol–water partition coefficient (Wildman–Crippen LogP) is -1.21. The van der Waals surface area contributed by atoms with Crippen molar-refractivity contribution in [2.24, 2.45) is 0 Å². The molecule has 0 amide bonds. The van der Waals surface area contributed by atoms with E-state index < -0.39 is 36.5 Å². The van der Waals surface area contributed by atoms with Gasteiger partial charge < -0.3 is 35.5 Å². The first-order chi connectivity index (χ1) is 12.3. The number of aromatic amines is 1. The maximum atomic E-state index is 11.7. The highest BCUT2D eigenvalue weighted by molar-refractivity contribution is 6.06. The van der Waals surface area contributed by atoms with Crippen LogP contribution in [0.4, 0.5) is 5.69 Å². The molecule has 0 aliphatic carbocycles. The summed E-state index contributed by atoms with van der Waals surface area (Å²) in [5.41, 5.74) is 0.468. The molecule has 4 atom stereocenters. The topological polar surface area (TPSA) is 160 Å². The van der Waals surface area contributed by atoms with Crippen LogP contribution < -0.4 is 10.9 Å². The van der Waals surface area contributed by atoms with E-state index >= 15 is 0 Å². The molecule has 1 heterocycles. The molecule has 140 valence electrons. The van der Waals surface area contributed by atoms with Gasteiger partial charge in [0.1, 0.15) is 30.6 Å². The number of anilines is 1. The minimum Gasteiger partial charge on any atom is -0.394 e. The van der Waals surface area contributed by atoms with Gasteiger partial charge in [0.2, 0.25) is 5.56 Å². The Bertz CT molecular complexity index is 864. The number of rotatable bonds is 8. The number of hydrogen-bond donors (Lipinski definition) is 6. The lowest BCUT2D eigenvalue weighted by atomic mass is 10.0. The lowest BCUT2D eigenvalue weighted by molar-refractivity contribution is -0.117. The lowest BCUT2D eigenvalue weighted by Crippen LogP contribution is -2.49. The molecular formula is C17H20N2O7. The van der Waals surface area contributed by atoms with Crippen molar-refractivity contribution in [3.63, 3.8) is 0 Å². The van der Waals surface area contributed by atoms with Crippen molar-refractivity contribution in [3.05, 3.63) is 40.2 Å². The normalized spacial score (nSPS) is 15.9. The Hall–Kier alpha value is -2.59. The van der Waals surface area contributed by atoms with Crippen LogP contribution in [0.1, 0.15) is 17.3 Å². The van der Waals surface area contributed by atoms with Gasteiger partial charge in [0, 0.05) is 22.7 Å². The predicted molar refractivity (Wildman–Crippen MR) is 93.2 cm³/mol. The Kier molecular flexibility index (Phi) is 6.22. The molecule has 9 heteroatoms. The Morgan fingerprint density at radius 1 is 1.23 bits per heavy atom. The zero-order valence-corrected chi connectivity index (χ0v) is 13.9. The maximum absolute atomic E-state index is 11.7. The first-order valence-electron chi connectivity index (χ1n) is 7.83. The highest BCUT2D eigenvalue weighted by Crippen LogP contribution is 2.21. The van der Waals surface area contributed by atoms with Gasteiger partial charge in [0.15, 0.2) is 5.78 Å². The fourth-order valence-electron chi connectivity index (χ4n) is 2.58. The van der Waals surface area contributed by atoms with Gasteiger partial charge in [-0.1, -0.05) is 6.07 Å². The summed E-state index contributed by atoms with van der Waals surface area (Å²) < 4.78 is 0. The summed E-state index contributed by atoms with van der Waals surface area (Å²) in [6, 6.07) is 4.48. The number of aliphatic hydroxyl groups is 4. The molecule has 0 spiro atoms. The number of H-pyrrole nitrogens is 1. The Morgan fingerprint density at radius 2 is 1.92 bits per heavy atom. The molecule has 1 aromatic carbocycles. The Morgan fingerprint density at radius 3 is 2.50 bits per heavy atom. The zero-order chi connectivity index (χ0) is 19.4. The molecule has 0 aliphatic heterocycles. The lowest BCUT2D eigenvalue weighted by Gasteiger charge is -2.26. The third-order valence-corrected chi connectivity index (χ3v) is 4.00. The monoisotopic (exact) mass is 364 g/mol. The van der Waals surface area contributed by atoms with Crippen LogP contribution in [0.2, 0.25) is 0 Å². The number of hydrogen-bond acceptors (Lipinski definition) is 8. The van der Waals surface area contributed by atoms with Crippen molar-refractivity contribution < 1.29 is 30.0 Å². The number of nitrogens with one attached hydrogen (secondary N) is 2. The average molecular weight is 364 g/mol. The van der Waals surface area contributed by atoms with Crippen molar-refractivity contribution >= 4 is 28.7 Å². The number of pyridine rings is 1. The molecule has 26 heavy (non-hydrogen) atoms. The third kappa shape index (κ3) is 4.14. The van der Waals surface area contributed by atoms with E-state index in [4.69, 9.17) is 5.11 Å². The van der Waals surface area contributed by atoms with E-state index in [9.17, 15) is 29.7 Å². The van der Waals surface area contributed by atoms with Crippen molar-refractivity contribution in [1.82, 2.24) is 4.98 Å². The molecule has 0 saturated carbocycles. The molecular weight excluding hydrogens is 344 g/mol. The molecule has 2 rings (SSSR count). The SMILES string of the molecule is CC(=O)c1cc(=O)[nH]c2cc(N[C@H](C=O)[C@H](O)[C@@H](O)[C@@H](O)CO)ccc12. The number of aldehydes is 1. The number of fused-ring (bicyclic) bond motifs is 1. The van der Waals surface area contributed by atoms with Gasteiger partial charge in [-0.15, -0.1) is 0 Å². The molecule has 0 unspecified atom stereocenters. The average Bonchev–Trinajstić information content (AvgIpc) is 2.62. The molecule has 0 bridgehead atoms. The van der Waals surface area contributed by atoms with E-state index in [0.29, 0.717) is 22.9 Å². The summed E-state index contributed by atoms with van der Waals surface area (Å²) in [6.45, 7) is 0.557. The van der Waals surface area contributed by atoms with Crippen LogP contribution in [0.3, 0.4) is 0 Å². The summed E-state index contributed by atoms with van der Waals surface area (Å²) >= 11 is 0. The molecule has 6 N–H and O–H groups in total. The quantitative estimate of drug-likeness (QED) is 0.251. The first-order valence-corrected chi connectivity index (χ1v) is 7.83. The van der Waals surface area contributed by atoms with Gasteiger partial charge in [-0.3, -0.25) is 9.59 Å². The summed E-state index contributed by atoms with van der Waals surface area (Å²) in [5, 5.41) is 41.1. The maximum Gasteiger partial charge on any atom is 0.249 e. The van der Waals surface area contributed by atoms with Crippen molar-refractivity contribution in [2.75, 3.05) is 11.9 Å². The molecule has 0 saturated heterocycles. The van der Waals surface area contributed by atoms with Gasteiger partial charge in [-0.2, -0.15) is 0 Å². The van der Waals surface area contributed by atoms with Crippen molar-refractivity contribution in [1.29, 1.82) is 0 Å².